The molecular formula is C21H23ClN2O6S. The van der Waals surface area contributed by atoms with Gasteiger partial charge in [-0.05, 0) is 42.5 Å². The van der Waals surface area contributed by atoms with Crippen LogP contribution in [0.2, 0.25) is 5.02 Å². The number of ketones is 1. The Kier molecular flexibility index (Phi) is 7.66. The first kappa shape index (κ1) is 23.2. The molecule has 0 spiro atoms. The molecule has 3 rings (SSSR count). The van der Waals surface area contributed by atoms with Gasteiger partial charge in [0.05, 0.1) is 30.8 Å². The quantitative estimate of drug-likeness (QED) is 0.600. The smallest absolute Gasteiger partial charge is 0.243 e. The number of Topliss-reactive ketones (excluding diaryl/α,β-unsaturated/α-hetero) is 1. The highest BCUT2D eigenvalue weighted by Gasteiger charge is 2.26. The third-order valence-electron chi connectivity index (χ3n) is 4.79. The van der Waals surface area contributed by atoms with Gasteiger partial charge in [-0.2, -0.15) is 4.31 Å². The SMILES string of the molecule is COc1ccc(Cl)cc1C(=O)CCC(=O)Nc1ccc(S(=O)(=O)N2CCOCC2)cc1. The molecule has 166 valence electrons. The van der Waals surface area contributed by atoms with Crippen LogP contribution < -0.4 is 10.1 Å². The molecule has 0 saturated carbocycles. The van der Waals surface area contributed by atoms with Crippen LogP contribution in [0.3, 0.4) is 0 Å². The predicted molar refractivity (Wildman–Crippen MR) is 116 cm³/mol. The minimum Gasteiger partial charge on any atom is -0.496 e. The third-order valence-corrected chi connectivity index (χ3v) is 6.93. The zero-order valence-corrected chi connectivity index (χ0v) is 18.5. The number of halogens is 1. The summed E-state index contributed by atoms with van der Waals surface area (Å²) in [5.41, 5.74) is 0.763. The van der Waals surface area contributed by atoms with Crippen molar-refractivity contribution in [3.05, 3.63) is 53.1 Å². The Bertz CT molecular complexity index is 1050. The first-order valence-corrected chi connectivity index (χ1v) is 11.5. The number of amides is 1. The first-order chi connectivity index (χ1) is 14.8. The van der Waals surface area contributed by atoms with Gasteiger partial charge in [-0.15, -0.1) is 0 Å². The summed E-state index contributed by atoms with van der Waals surface area (Å²) in [6.45, 7) is 1.36. The number of hydrogen-bond donors (Lipinski definition) is 1. The number of carbonyl (C=O) groups is 2. The molecule has 10 heteroatoms. The topological polar surface area (TPSA) is 102 Å². The van der Waals surface area contributed by atoms with E-state index in [9.17, 15) is 18.0 Å². The summed E-state index contributed by atoms with van der Waals surface area (Å²) in [6.07, 6.45) is -0.0612. The second-order valence-corrected chi connectivity index (χ2v) is 9.23. The van der Waals surface area contributed by atoms with Crippen molar-refractivity contribution in [3.63, 3.8) is 0 Å². The fraction of sp³-hybridized carbons (Fsp3) is 0.333. The van der Waals surface area contributed by atoms with Crippen molar-refractivity contribution in [3.8, 4) is 5.75 Å². The van der Waals surface area contributed by atoms with Crippen molar-refractivity contribution < 1.29 is 27.5 Å². The van der Waals surface area contributed by atoms with Gasteiger partial charge < -0.3 is 14.8 Å². The van der Waals surface area contributed by atoms with Gasteiger partial charge in [0, 0.05) is 36.6 Å². The van der Waals surface area contributed by atoms with Gasteiger partial charge in [-0.1, -0.05) is 11.6 Å². The lowest BCUT2D eigenvalue weighted by atomic mass is 10.1. The van der Waals surface area contributed by atoms with E-state index in [1.54, 1.807) is 12.1 Å². The van der Waals surface area contributed by atoms with Crippen LogP contribution in [-0.2, 0) is 19.6 Å². The molecule has 0 atom stereocenters. The summed E-state index contributed by atoms with van der Waals surface area (Å²) in [6, 6.07) is 10.7. The summed E-state index contributed by atoms with van der Waals surface area (Å²) >= 11 is 5.94. The van der Waals surface area contributed by atoms with Gasteiger partial charge in [0.15, 0.2) is 5.78 Å². The van der Waals surface area contributed by atoms with Gasteiger partial charge >= 0.3 is 0 Å². The van der Waals surface area contributed by atoms with Crippen molar-refractivity contribution in [1.82, 2.24) is 4.31 Å². The zero-order chi connectivity index (χ0) is 22.4. The van der Waals surface area contributed by atoms with Crippen LogP contribution >= 0.6 is 11.6 Å². The Hall–Kier alpha value is -2.46. The number of benzene rings is 2. The molecule has 1 N–H and O–H groups in total. The van der Waals surface area contributed by atoms with Crippen molar-refractivity contribution in [2.45, 2.75) is 17.7 Å². The highest BCUT2D eigenvalue weighted by atomic mass is 35.5. The predicted octanol–water partition coefficient (Wildman–Crippen LogP) is 2.97. The average molecular weight is 467 g/mol. The fourth-order valence-corrected chi connectivity index (χ4v) is 4.71. The maximum Gasteiger partial charge on any atom is 0.243 e. The number of nitrogens with one attached hydrogen (secondary N) is 1. The molecule has 1 fully saturated rings. The molecule has 2 aromatic rings. The van der Waals surface area contributed by atoms with Crippen molar-refractivity contribution >= 4 is 39.0 Å². The highest BCUT2D eigenvalue weighted by molar-refractivity contribution is 7.89. The molecule has 1 aliphatic rings. The average Bonchev–Trinajstić information content (AvgIpc) is 2.78. The second kappa shape index (κ2) is 10.2. The molecule has 0 aromatic heterocycles. The van der Waals surface area contributed by atoms with E-state index in [1.165, 1.54) is 41.7 Å². The molecule has 1 aliphatic heterocycles. The van der Waals surface area contributed by atoms with Crippen LogP contribution in [0.5, 0.6) is 5.75 Å². The van der Waals surface area contributed by atoms with Crippen molar-refractivity contribution in [2.75, 3.05) is 38.7 Å². The standard InChI is InChI=1S/C21H23ClN2O6S/c1-29-20-8-2-15(22)14-18(20)19(25)7-9-21(26)23-16-3-5-17(6-4-16)31(27,28)24-10-12-30-13-11-24/h2-6,8,14H,7,9-13H2,1H3,(H,23,26). The Morgan fingerprint density at radius 1 is 1.10 bits per heavy atom. The summed E-state index contributed by atoms with van der Waals surface area (Å²) in [7, 11) is -2.14. The second-order valence-electron chi connectivity index (χ2n) is 6.86. The Morgan fingerprint density at radius 3 is 2.42 bits per heavy atom. The lowest BCUT2D eigenvalue weighted by Gasteiger charge is -2.26. The van der Waals surface area contributed by atoms with Crippen LogP contribution in [0, 0.1) is 0 Å². The van der Waals surface area contributed by atoms with Crippen LogP contribution in [0.1, 0.15) is 23.2 Å². The normalized spacial score (nSPS) is 14.8. The van der Waals surface area contributed by atoms with Crippen LogP contribution in [-0.4, -0.2) is 57.8 Å². The molecule has 0 unspecified atom stereocenters. The molecule has 8 nitrogen and oxygen atoms in total. The van der Waals surface area contributed by atoms with Crippen LogP contribution in [0.25, 0.3) is 0 Å². The van der Waals surface area contributed by atoms with E-state index >= 15 is 0 Å². The van der Waals surface area contributed by atoms with E-state index in [0.29, 0.717) is 48.3 Å². The summed E-state index contributed by atoms with van der Waals surface area (Å²) in [5.74, 6) is -0.230. The summed E-state index contributed by atoms with van der Waals surface area (Å²) in [5, 5.41) is 3.07. The van der Waals surface area contributed by atoms with Gasteiger partial charge in [-0.25, -0.2) is 8.42 Å². The minimum absolute atomic E-state index is 0.0218. The van der Waals surface area contributed by atoms with Crippen molar-refractivity contribution in [1.29, 1.82) is 0 Å². The Labute approximate surface area is 186 Å². The number of sulfonamides is 1. The first-order valence-electron chi connectivity index (χ1n) is 9.66. The van der Waals surface area contributed by atoms with Gasteiger partial charge in [0.25, 0.3) is 0 Å². The monoisotopic (exact) mass is 466 g/mol. The van der Waals surface area contributed by atoms with E-state index in [4.69, 9.17) is 21.1 Å². The minimum atomic E-state index is -3.60. The van der Waals surface area contributed by atoms with Crippen molar-refractivity contribution in [2.24, 2.45) is 0 Å². The summed E-state index contributed by atoms with van der Waals surface area (Å²) in [4.78, 5) is 24.8. The zero-order valence-electron chi connectivity index (χ0n) is 17.0. The third kappa shape index (κ3) is 5.82. The van der Waals surface area contributed by atoms with Gasteiger partial charge in [0.2, 0.25) is 15.9 Å². The van der Waals surface area contributed by atoms with Crippen LogP contribution in [0.15, 0.2) is 47.4 Å². The largest absolute Gasteiger partial charge is 0.496 e. The molecule has 2 aromatic carbocycles. The Balaban J connectivity index is 1.57. The maximum atomic E-state index is 12.6. The number of nitrogens with zero attached hydrogens (tertiary/aromatic N) is 1. The van der Waals surface area contributed by atoms with E-state index in [1.807, 2.05) is 0 Å². The van der Waals surface area contributed by atoms with E-state index in [2.05, 4.69) is 5.32 Å². The van der Waals surface area contributed by atoms with Gasteiger partial charge in [0.1, 0.15) is 5.75 Å². The molecule has 1 amide bonds. The number of ether oxygens (including phenoxy) is 2. The molecule has 1 heterocycles. The lowest BCUT2D eigenvalue weighted by Crippen LogP contribution is -2.40. The molecule has 31 heavy (non-hydrogen) atoms. The number of rotatable bonds is 8. The maximum absolute atomic E-state index is 12.6. The van der Waals surface area contributed by atoms with Gasteiger partial charge in [-0.3, -0.25) is 9.59 Å². The Morgan fingerprint density at radius 2 is 1.77 bits per heavy atom. The lowest BCUT2D eigenvalue weighted by molar-refractivity contribution is -0.116. The number of carbonyl (C=O) groups excluding carboxylic acids is 2. The van der Waals surface area contributed by atoms with E-state index < -0.39 is 10.0 Å². The highest BCUT2D eigenvalue weighted by Crippen LogP contribution is 2.24. The summed E-state index contributed by atoms with van der Waals surface area (Å²) < 4.78 is 37.0. The van der Waals surface area contributed by atoms with E-state index in [-0.39, 0.29) is 29.4 Å². The molecule has 0 aliphatic carbocycles. The number of morpholine rings is 1. The molecule has 1 saturated heterocycles. The number of hydrogen-bond acceptors (Lipinski definition) is 6. The molecule has 0 radical (unpaired) electrons. The number of methoxy groups -OCH3 is 1. The van der Waals surface area contributed by atoms with E-state index in [0.717, 1.165) is 0 Å². The fourth-order valence-electron chi connectivity index (χ4n) is 3.13. The molecular weight excluding hydrogens is 444 g/mol. The molecule has 0 bridgehead atoms. The number of anilines is 1. The van der Waals surface area contributed by atoms with Crippen LogP contribution in [0.4, 0.5) is 5.69 Å².